The molecule has 1 amide bonds. The molecule has 0 radical (unpaired) electrons. The summed E-state index contributed by atoms with van der Waals surface area (Å²) in [6.07, 6.45) is -0.354. The largest absolute Gasteiger partial charge is 0.497 e. The molecule has 1 unspecified atom stereocenters. The minimum atomic E-state index is -0.991. The highest BCUT2D eigenvalue weighted by atomic mass is 35.5. The first-order chi connectivity index (χ1) is 12.4. The van der Waals surface area contributed by atoms with Crippen LogP contribution in [-0.4, -0.2) is 36.6 Å². The Kier molecular flexibility index (Phi) is 7.24. The maximum atomic E-state index is 12.1. The van der Waals surface area contributed by atoms with Gasteiger partial charge in [0.15, 0.2) is 11.8 Å². The molecule has 138 valence electrons. The summed E-state index contributed by atoms with van der Waals surface area (Å²) in [5.74, 6) is -0.452. The highest BCUT2D eigenvalue weighted by molar-refractivity contribution is 6.34. The average Bonchev–Trinajstić information content (AvgIpc) is 2.64. The quantitative estimate of drug-likeness (QED) is 0.573. The van der Waals surface area contributed by atoms with Crippen LogP contribution in [0.25, 0.3) is 0 Å². The molecule has 1 heterocycles. The molecule has 1 N–H and O–H groups in total. The Morgan fingerprint density at radius 1 is 1.15 bits per heavy atom. The average molecular weight is 397 g/mol. The van der Waals surface area contributed by atoms with Gasteiger partial charge in [-0.25, -0.2) is 9.78 Å². The smallest absolute Gasteiger partial charge is 0.359 e. The lowest BCUT2D eigenvalue weighted by Crippen LogP contribution is -2.37. The number of rotatable bonds is 7. The lowest BCUT2D eigenvalue weighted by Gasteiger charge is -2.14. The normalized spacial score (nSPS) is 11.5. The van der Waals surface area contributed by atoms with Gasteiger partial charge >= 0.3 is 5.97 Å². The number of methoxy groups -OCH3 is 1. The summed E-state index contributed by atoms with van der Waals surface area (Å²) in [6.45, 7) is 1.88. The lowest BCUT2D eigenvalue weighted by molar-refractivity contribution is -0.129. The predicted molar refractivity (Wildman–Crippen MR) is 98.8 cm³/mol. The molecule has 0 spiro atoms. The maximum absolute atomic E-state index is 12.1. The number of amides is 1. The third kappa shape index (κ3) is 5.61. The van der Waals surface area contributed by atoms with Crippen molar-refractivity contribution >= 4 is 35.1 Å². The second-order valence-electron chi connectivity index (χ2n) is 5.40. The molecule has 0 saturated carbocycles. The van der Waals surface area contributed by atoms with Crippen LogP contribution < -0.4 is 10.1 Å². The van der Waals surface area contributed by atoms with Crippen LogP contribution in [0.4, 0.5) is 0 Å². The first-order valence-corrected chi connectivity index (χ1v) is 8.60. The van der Waals surface area contributed by atoms with E-state index in [2.05, 4.69) is 10.3 Å². The van der Waals surface area contributed by atoms with Crippen molar-refractivity contribution in [3.63, 3.8) is 0 Å². The number of aromatic nitrogens is 1. The molecule has 0 aliphatic rings. The number of esters is 1. The van der Waals surface area contributed by atoms with E-state index in [1.165, 1.54) is 19.1 Å². The van der Waals surface area contributed by atoms with Crippen LogP contribution in [0.1, 0.15) is 23.0 Å². The monoisotopic (exact) mass is 396 g/mol. The molecule has 0 aliphatic heterocycles. The minimum absolute atomic E-state index is 0.103. The molecule has 1 atom stereocenters. The number of nitrogens with zero attached hydrogens (tertiary/aromatic N) is 1. The predicted octanol–water partition coefficient (Wildman–Crippen LogP) is 3.30. The van der Waals surface area contributed by atoms with Gasteiger partial charge in [-0.05, 0) is 43.2 Å². The number of nitrogens with one attached hydrogen (secondary N) is 1. The first kappa shape index (κ1) is 20.0. The molecule has 8 heteroatoms. The van der Waals surface area contributed by atoms with Gasteiger partial charge in [0, 0.05) is 6.54 Å². The first-order valence-electron chi connectivity index (χ1n) is 7.84. The lowest BCUT2D eigenvalue weighted by atomic mass is 10.1. The zero-order valence-electron chi connectivity index (χ0n) is 14.3. The fourth-order valence-corrected chi connectivity index (χ4v) is 2.43. The second-order valence-corrected chi connectivity index (χ2v) is 6.20. The molecule has 1 aromatic heterocycles. The Hall–Kier alpha value is -2.31. The number of pyridine rings is 1. The number of carbonyl (C=O) groups is 2. The molecule has 1 aromatic carbocycles. The Labute approximate surface area is 161 Å². The molecule has 2 rings (SSSR count). The number of carbonyl (C=O) groups excluding carboxylic acids is 2. The van der Waals surface area contributed by atoms with E-state index >= 15 is 0 Å². The van der Waals surface area contributed by atoms with Crippen LogP contribution in [0.5, 0.6) is 5.75 Å². The molecule has 0 bridgehead atoms. The molecule has 6 nitrogen and oxygen atoms in total. The molecular weight excluding hydrogens is 379 g/mol. The molecule has 0 saturated heterocycles. The number of benzene rings is 1. The molecule has 0 fully saturated rings. The van der Waals surface area contributed by atoms with E-state index in [-0.39, 0.29) is 15.9 Å². The van der Waals surface area contributed by atoms with Gasteiger partial charge in [0.2, 0.25) is 0 Å². The van der Waals surface area contributed by atoms with Gasteiger partial charge in [-0.1, -0.05) is 35.3 Å². The summed E-state index contributed by atoms with van der Waals surface area (Å²) in [4.78, 5) is 28.0. The van der Waals surface area contributed by atoms with Crippen molar-refractivity contribution in [1.82, 2.24) is 10.3 Å². The Morgan fingerprint density at radius 2 is 1.85 bits per heavy atom. The summed E-state index contributed by atoms with van der Waals surface area (Å²) in [5, 5.41) is 2.93. The second kappa shape index (κ2) is 9.40. The van der Waals surface area contributed by atoms with Crippen molar-refractivity contribution in [2.24, 2.45) is 0 Å². The van der Waals surface area contributed by atoms with E-state index in [4.69, 9.17) is 32.7 Å². The van der Waals surface area contributed by atoms with Crippen molar-refractivity contribution < 1.29 is 19.1 Å². The molecule has 26 heavy (non-hydrogen) atoms. The number of hydrogen-bond acceptors (Lipinski definition) is 5. The van der Waals surface area contributed by atoms with Crippen molar-refractivity contribution in [3.8, 4) is 5.75 Å². The SMILES string of the molecule is COc1ccc(CCNC(=O)C(C)OC(=O)c2nc(Cl)ccc2Cl)cc1. The van der Waals surface area contributed by atoms with E-state index < -0.39 is 18.0 Å². The summed E-state index contributed by atoms with van der Waals surface area (Å²) in [7, 11) is 1.60. The standard InChI is InChI=1S/C18H18Cl2N2O4/c1-11(26-18(24)16-14(19)7-8-15(20)22-16)17(23)21-10-9-12-3-5-13(25-2)6-4-12/h3-8,11H,9-10H2,1-2H3,(H,21,23). The Balaban J connectivity index is 1.83. The van der Waals surface area contributed by atoms with Gasteiger partial charge < -0.3 is 14.8 Å². The van der Waals surface area contributed by atoms with Crippen LogP contribution in [0.2, 0.25) is 10.2 Å². The number of halogens is 2. The van der Waals surface area contributed by atoms with Crippen LogP contribution in [0.3, 0.4) is 0 Å². The zero-order chi connectivity index (χ0) is 19.1. The van der Waals surface area contributed by atoms with Gasteiger partial charge in [-0.2, -0.15) is 0 Å². The zero-order valence-corrected chi connectivity index (χ0v) is 15.8. The van der Waals surface area contributed by atoms with Gasteiger partial charge in [-0.3, -0.25) is 4.79 Å². The van der Waals surface area contributed by atoms with Crippen LogP contribution in [0, 0.1) is 0 Å². The molecular formula is C18H18Cl2N2O4. The van der Waals surface area contributed by atoms with Crippen LogP contribution >= 0.6 is 23.2 Å². The minimum Gasteiger partial charge on any atom is -0.497 e. The van der Waals surface area contributed by atoms with Crippen molar-refractivity contribution in [2.75, 3.05) is 13.7 Å². The van der Waals surface area contributed by atoms with Gasteiger partial charge in [0.05, 0.1) is 12.1 Å². The topological polar surface area (TPSA) is 77.5 Å². The van der Waals surface area contributed by atoms with E-state index in [1.807, 2.05) is 24.3 Å². The van der Waals surface area contributed by atoms with E-state index in [1.54, 1.807) is 7.11 Å². The molecule has 2 aromatic rings. The van der Waals surface area contributed by atoms with E-state index in [9.17, 15) is 9.59 Å². The number of ether oxygens (including phenoxy) is 2. The van der Waals surface area contributed by atoms with Crippen molar-refractivity contribution in [2.45, 2.75) is 19.4 Å². The van der Waals surface area contributed by atoms with Gasteiger partial charge in [0.25, 0.3) is 5.91 Å². The Morgan fingerprint density at radius 3 is 2.50 bits per heavy atom. The van der Waals surface area contributed by atoms with E-state index in [0.29, 0.717) is 13.0 Å². The maximum Gasteiger partial charge on any atom is 0.359 e. The highest BCUT2D eigenvalue weighted by Crippen LogP contribution is 2.18. The van der Waals surface area contributed by atoms with Crippen LogP contribution in [0.15, 0.2) is 36.4 Å². The van der Waals surface area contributed by atoms with Crippen molar-refractivity contribution in [1.29, 1.82) is 0 Å². The fraction of sp³-hybridized carbons (Fsp3) is 0.278. The summed E-state index contributed by atoms with van der Waals surface area (Å²) in [6, 6.07) is 10.4. The van der Waals surface area contributed by atoms with Crippen molar-refractivity contribution in [3.05, 3.63) is 57.8 Å². The van der Waals surface area contributed by atoms with Crippen LogP contribution in [-0.2, 0) is 16.0 Å². The summed E-state index contributed by atoms with van der Waals surface area (Å²) < 4.78 is 10.2. The Bertz CT molecular complexity index is 781. The molecule has 0 aliphatic carbocycles. The summed E-state index contributed by atoms with van der Waals surface area (Å²) in [5.41, 5.74) is 0.919. The summed E-state index contributed by atoms with van der Waals surface area (Å²) >= 11 is 11.6. The van der Waals surface area contributed by atoms with Gasteiger partial charge in [0.1, 0.15) is 10.9 Å². The third-order valence-corrected chi connectivity index (χ3v) is 4.05. The third-order valence-electron chi connectivity index (χ3n) is 3.53. The van der Waals surface area contributed by atoms with E-state index in [0.717, 1.165) is 11.3 Å². The fourth-order valence-electron chi connectivity index (χ4n) is 2.10. The van der Waals surface area contributed by atoms with Gasteiger partial charge in [-0.15, -0.1) is 0 Å². The number of hydrogen-bond donors (Lipinski definition) is 1. The highest BCUT2D eigenvalue weighted by Gasteiger charge is 2.21.